The third kappa shape index (κ3) is 8.93. The number of likely N-dealkylation sites (N-methyl/N-ethyl adjacent to an activating group) is 1. The number of anilines is 1. The Morgan fingerprint density at radius 3 is 2.46 bits per heavy atom. The van der Waals surface area contributed by atoms with Gasteiger partial charge in [0.1, 0.15) is 0 Å². The van der Waals surface area contributed by atoms with Gasteiger partial charge in [0.05, 0.1) is 6.34 Å². The number of allylic oxidation sites excluding steroid dienone is 2. The summed E-state index contributed by atoms with van der Waals surface area (Å²) in [5.41, 5.74) is 14.9. The fourth-order valence-electron chi connectivity index (χ4n) is 3.11. The molecule has 6 heteroatoms. The molecule has 1 aliphatic carbocycles. The van der Waals surface area contributed by atoms with Gasteiger partial charge in [-0.3, -0.25) is 0 Å². The number of aliphatic imine (C=N–C) groups is 1. The highest BCUT2D eigenvalue weighted by molar-refractivity contribution is 9.10. The minimum Gasteiger partial charge on any atom is -0.399 e. The number of nitrogens with two attached hydrogens (primary N) is 2. The summed E-state index contributed by atoms with van der Waals surface area (Å²) in [6, 6.07) is 8.51. The predicted octanol–water partition coefficient (Wildman–Crippen LogP) is 4.55. The van der Waals surface area contributed by atoms with Gasteiger partial charge in [-0.25, -0.2) is 4.99 Å². The minimum atomic E-state index is 0.635. The van der Waals surface area contributed by atoms with E-state index in [-0.39, 0.29) is 0 Å². The van der Waals surface area contributed by atoms with Crippen LogP contribution in [0.25, 0.3) is 0 Å². The van der Waals surface area contributed by atoms with Crippen LogP contribution in [-0.4, -0.2) is 32.5 Å². The van der Waals surface area contributed by atoms with Crippen LogP contribution in [0.2, 0.25) is 0 Å². The lowest BCUT2D eigenvalue weighted by Crippen LogP contribution is -2.32. The van der Waals surface area contributed by atoms with Gasteiger partial charge < -0.3 is 21.7 Å². The van der Waals surface area contributed by atoms with Crippen LogP contribution in [-0.2, 0) is 0 Å². The third-order valence-corrected chi connectivity index (χ3v) is 5.14. The van der Waals surface area contributed by atoms with E-state index in [1.165, 1.54) is 31.3 Å². The van der Waals surface area contributed by atoms with E-state index in [0.29, 0.717) is 5.70 Å². The van der Waals surface area contributed by atoms with Crippen LogP contribution < -0.4 is 21.7 Å². The summed E-state index contributed by atoms with van der Waals surface area (Å²) in [7, 11) is 0. The molecular formula is C22H36BrN5. The largest absolute Gasteiger partial charge is 0.399 e. The Bertz CT molecular complexity index is 637. The molecule has 0 amide bonds. The minimum absolute atomic E-state index is 0.635. The Balaban J connectivity index is 0.000000292. The summed E-state index contributed by atoms with van der Waals surface area (Å²) < 4.78 is 1.14. The summed E-state index contributed by atoms with van der Waals surface area (Å²) >= 11 is 3.46. The Labute approximate surface area is 179 Å². The highest BCUT2D eigenvalue weighted by Gasteiger charge is 2.12. The third-order valence-electron chi connectivity index (χ3n) is 4.62. The van der Waals surface area contributed by atoms with E-state index in [4.69, 9.17) is 11.5 Å². The lowest BCUT2D eigenvalue weighted by molar-refractivity contribution is 0.654. The zero-order valence-electron chi connectivity index (χ0n) is 17.4. The molecule has 2 rings (SSSR count). The van der Waals surface area contributed by atoms with Crippen LogP contribution in [0.15, 0.2) is 57.3 Å². The maximum absolute atomic E-state index is 5.62. The molecule has 0 unspecified atom stereocenters. The molecule has 0 bridgehead atoms. The molecule has 0 aliphatic heterocycles. The average molecular weight is 450 g/mol. The van der Waals surface area contributed by atoms with Gasteiger partial charge in [-0.05, 0) is 75.4 Å². The molecule has 1 aromatic carbocycles. The summed E-state index contributed by atoms with van der Waals surface area (Å²) in [6.07, 6.45) is 6.83. The van der Waals surface area contributed by atoms with E-state index < -0.39 is 0 Å². The molecule has 28 heavy (non-hydrogen) atoms. The fraction of sp³-hybridized carbons (Fsp3) is 0.500. The Hall–Kier alpha value is -1.79. The molecular weight excluding hydrogens is 414 g/mol. The zero-order chi connectivity index (χ0) is 20.8. The second kappa shape index (κ2) is 14.2. The van der Waals surface area contributed by atoms with E-state index in [9.17, 15) is 0 Å². The molecule has 156 valence electrons. The van der Waals surface area contributed by atoms with Crippen molar-refractivity contribution in [3.05, 3.63) is 52.3 Å². The van der Waals surface area contributed by atoms with Crippen molar-refractivity contribution in [1.29, 1.82) is 0 Å². The van der Waals surface area contributed by atoms with Crippen molar-refractivity contribution in [3.63, 3.8) is 0 Å². The van der Waals surface area contributed by atoms with Crippen molar-refractivity contribution in [1.82, 2.24) is 5.32 Å². The number of halogens is 1. The SMILES string of the molecule is C=C(N)C1=C(N=CN)CCCC1.CCCNCCN(CC)c1ccc(Br)cc1. The second-order valence-corrected chi connectivity index (χ2v) is 7.66. The number of nitrogens with one attached hydrogen (secondary N) is 1. The molecule has 0 spiro atoms. The predicted molar refractivity (Wildman–Crippen MR) is 127 cm³/mol. The van der Waals surface area contributed by atoms with Crippen LogP contribution in [0.5, 0.6) is 0 Å². The van der Waals surface area contributed by atoms with Crippen molar-refractivity contribution in [2.24, 2.45) is 16.5 Å². The van der Waals surface area contributed by atoms with Gasteiger partial charge in [-0.15, -0.1) is 0 Å². The molecule has 1 aliphatic rings. The Morgan fingerprint density at radius 1 is 1.21 bits per heavy atom. The van der Waals surface area contributed by atoms with Crippen molar-refractivity contribution in [2.75, 3.05) is 31.1 Å². The smallest absolute Gasteiger partial charge is 0.0856 e. The van der Waals surface area contributed by atoms with E-state index in [2.05, 4.69) is 75.8 Å². The molecule has 0 radical (unpaired) electrons. The molecule has 0 heterocycles. The van der Waals surface area contributed by atoms with Gasteiger partial charge in [0.2, 0.25) is 0 Å². The summed E-state index contributed by atoms with van der Waals surface area (Å²) in [5, 5.41) is 3.43. The van der Waals surface area contributed by atoms with E-state index >= 15 is 0 Å². The molecule has 5 nitrogen and oxygen atoms in total. The van der Waals surface area contributed by atoms with Gasteiger partial charge in [0.25, 0.3) is 0 Å². The fourth-order valence-corrected chi connectivity index (χ4v) is 3.37. The first-order valence-corrected chi connectivity index (χ1v) is 10.9. The van der Waals surface area contributed by atoms with Gasteiger partial charge in [-0.1, -0.05) is 29.4 Å². The van der Waals surface area contributed by atoms with Crippen LogP contribution in [0, 0.1) is 0 Å². The van der Waals surface area contributed by atoms with Crippen LogP contribution >= 0.6 is 15.9 Å². The normalized spacial score (nSPS) is 14.0. The lowest BCUT2D eigenvalue weighted by atomic mass is 9.95. The number of benzene rings is 1. The van der Waals surface area contributed by atoms with Crippen LogP contribution in [0.3, 0.4) is 0 Å². The Kier molecular flexibility index (Phi) is 12.3. The Morgan fingerprint density at radius 2 is 1.89 bits per heavy atom. The van der Waals surface area contributed by atoms with Crippen molar-refractivity contribution in [2.45, 2.75) is 46.0 Å². The molecule has 1 aromatic rings. The van der Waals surface area contributed by atoms with Crippen LogP contribution in [0.4, 0.5) is 5.69 Å². The lowest BCUT2D eigenvalue weighted by Gasteiger charge is -2.23. The zero-order valence-corrected chi connectivity index (χ0v) is 19.0. The van der Waals surface area contributed by atoms with Gasteiger partial charge in [0, 0.05) is 41.2 Å². The molecule has 0 saturated carbocycles. The molecule has 0 saturated heterocycles. The van der Waals surface area contributed by atoms with Crippen LogP contribution in [0.1, 0.15) is 46.0 Å². The first-order valence-electron chi connectivity index (χ1n) is 10.2. The van der Waals surface area contributed by atoms with E-state index in [0.717, 1.165) is 54.8 Å². The average Bonchev–Trinajstić information content (AvgIpc) is 2.70. The maximum Gasteiger partial charge on any atom is 0.0856 e. The monoisotopic (exact) mass is 449 g/mol. The summed E-state index contributed by atoms with van der Waals surface area (Å²) in [5.74, 6) is 0. The van der Waals surface area contributed by atoms with Crippen molar-refractivity contribution < 1.29 is 0 Å². The second-order valence-electron chi connectivity index (χ2n) is 6.74. The topological polar surface area (TPSA) is 79.7 Å². The van der Waals surface area contributed by atoms with E-state index in [1.54, 1.807) is 0 Å². The molecule has 5 N–H and O–H groups in total. The maximum atomic E-state index is 5.62. The molecule has 0 atom stereocenters. The molecule has 0 fully saturated rings. The van der Waals surface area contributed by atoms with Crippen molar-refractivity contribution >= 4 is 28.0 Å². The van der Waals surface area contributed by atoms with Crippen molar-refractivity contribution in [3.8, 4) is 0 Å². The molecule has 0 aromatic heterocycles. The van der Waals surface area contributed by atoms with Gasteiger partial charge >= 0.3 is 0 Å². The standard InChI is InChI=1S/C13H21BrN2.C9H15N3/c1-3-9-15-10-11-16(4-2)13-7-5-12(14)6-8-13;1-7(11)8-4-2-3-5-9(8)12-6-10/h5-8,15H,3-4,9-11H2,1-2H3;6H,1-5,11H2,(H2,10,12). The first kappa shape index (κ1) is 24.2. The van der Waals surface area contributed by atoms with E-state index in [1.807, 2.05) is 0 Å². The summed E-state index contributed by atoms with van der Waals surface area (Å²) in [6.45, 7) is 12.4. The number of hydrogen-bond acceptors (Lipinski definition) is 4. The highest BCUT2D eigenvalue weighted by Crippen LogP contribution is 2.27. The van der Waals surface area contributed by atoms with Gasteiger partial charge in [0.15, 0.2) is 0 Å². The highest BCUT2D eigenvalue weighted by atomic mass is 79.9. The van der Waals surface area contributed by atoms with Gasteiger partial charge in [-0.2, -0.15) is 0 Å². The summed E-state index contributed by atoms with van der Waals surface area (Å²) in [4.78, 5) is 6.46. The first-order chi connectivity index (χ1) is 13.5. The quantitative estimate of drug-likeness (QED) is 0.293. The number of hydrogen-bond donors (Lipinski definition) is 3. The number of rotatable bonds is 9. The number of nitrogens with zero attached hydrogens (tertiary/aromatic N) is 2.